The van der Waals surface area contributed by atoms with Gasteiger partial charge in [0.2, 0.25) is 0 Å². The van der Waals surface area contributed by atoms with Gasteiger partial charge in [-0.25, -0.2) is 4.98 Å². The molecule has 130 valence electrons. The van der Waals surface area contributed by atoms with Crippen LogP contribution < -0.4 is 5.32 Å². The van der Waals surface area contributed by atoms with Crippen LogP contribution in [0.1, 0.15) is 25.0 Å². The summed E-state index contributed by atoms with van der Waals surface area (Å²) in [4.78, 5) is 7.49. The summed E-state index contributed by atoms with van der Waals surface area (Å²) in [5.41, 5.74) is 2.40. The predicted octanol–water partition coefficient (Wildman–Crippen LogP) is 1.89. The number of rotatable bonds is 3. The van der Waals surface area contributed by atoms with Crippen molar-refractivity contribution in [2.24, 2.45) is 7.05 Å². The van der Waals surface area contributed by atoms with Gasteiger partial charge in [0, 0.05) is 57.0 Å². The molecule has 7 heteroatoms. The van der Waals surface area contributed by atoms with Crippen molar-refractivity contribution in [2.75, 3.05) is 32.8 Å². The second-order valence-corrected chi connectivity index (χ2v) is 7.64. The zero-order valence-corrected chi connectivity index (χ0v) is 15.0. The number of aromatic nitrogens is 3. The molecule has 0 radical (unpaired) electrons. The second kappa shape index (κ2) is 6.92. The molecule has 2 fully saturated rings. The third-order valence-electron chi connectivity index (χ3n) is 5.26. The van der Waals surface area contributed by atoms with Crippen molar-refractivity contribution in [3.63, 3.8) is 0 Å². The monoisotopic (exact) mass is 347 g/mol. The van der Waals surface area contributed by atoms with Gasteiger partial charge >= 0.3 is 0 Å². The molecular formula is C17H25N5OS. The highest BCUT2D eigenvalue weighted by molar-refractivity contribution is 7.13. The molecule has 2 aliphatic heterocycles. The fourth-order valence-electron chi connectivity index (χ4n) is 3.84. The van der Waals surface area contributed by atoms with Gasteiger partial charge in [-0.05, 0) is 31.9 Å². The van der Waals surface area contributed by atoms with Crippen LogP contribution in [0.4, 0.5) is 0 Å². The van der Waals surface area contributed by atoms with Crippen LogP contribution in [-0.2, 0) is 18.3 Å². The minimum atomic E-state index is 0.274. The lowest BCUT2D eigenvalue weighted by Gasteiger charge is -2.45. The van der Waals surface area contributed by atoms with Crippen molar-refractivity contribution >= 4 is 11.3 Å². The van der Waals surface area contributed by atoms with Crippen LogP contribution in [0.3, 0.4) is 0 Å². The third-order valence-corrected chi connectivity index (χ3v) is 6.17. The van der Waals surface area contributed by atoms with E-state index in [1.807, 2.05) is 24.0 Å². The quantitative estimate of drug-likeness (QED) is 0.919. The molecule has 0 saturated carbocycles. The number of thiazole rings is 1. The van der Waals surface area contributed by atoms with Crippen LogP contribution in [0.2, 0.25) is 0 Å². The average Bonchev–Trinajstić information content (AvgIpc) is 3.19. The molecule has 2 aromatic rings. The highest BCUT2D eigenvalue weighted by Crippen LogP contribution is 2.34. The van der Waals surface area contributed by atoms with Gasteiger partial charge in [-0.3, -0.25) is 9.58 Å². The molecule has 2 saturated heterocycles. The molecule has 0 aromatic carbocycles. The van der Waals surface area contributed by atoms with E-state index in [2.05, 4.69) is 20.7 Å². The van der Waals surface area contributed by atoms with Gasteiger partial charge < -0.3 is 10.1 Å². The van der Waals surface area contributed by atoms with Gasteiger partial charge in [0.15, 0.2) is 0 Å². The first kappa shape index (κ1) is 16.2. The summed E-state index contributed by atoms with van der Waals surface area (Å²) in [6, 6.07) is 2.03. The summed E-state index contributed by atoms with van der Waals surface area (Å²) in [7, 11) is 1.94. The predicted molar refractivity (Wildman–Crippen MR) is 95.0 cm³/mol. The minimum Gasteiger partial charge on any atom is -0.381 e. The van der Waals surface area contributed by atoms with Crippen molar-refractivity contribution in [3.05, 3.63) is 23.3 Å². The molecule has 0 atom stereocenters. The highest BCUT2D eigenvalue weighted by atomic mass is 32.1. The van der Waals surface area contributed by atoms with Crippen molar-refractivity contribution in [2.45, 2.75) is 31.3 Å². The first-order chi connectivity index (χ1) is 11.8. The molecule has 4 heterocycles. The Kier molecular flexibility index (Phi) is 4.67. The lowest BCUT2D eigenvalue weighted by Crippen LogP contribution is -2.52. The first-order valence-electron chi connectivity index (χ1n) is 8.73. The number of hydrogen-bond donors (Lipinski definition) is 1. The number of ether oxygens (including phenoxy) is 1. The summed E-state index contributed by atoms with van der Waals surface area (Å²) in [6.45, 7) is 5.92. The Balaban J connectivity index is 1.53. The SMILES string of the molecule is Cn1ccc(-c2nc(CN3CCNCCC34CCOCC4)cs2)n1. The van der Waals surface area contributed by atoms with Crippen LogP contribution in [0.15, 0.2) is 17.6 Å². The molecule has 6 nitrogen and oxygen atoms in total. The zero-order chi connectivity index (χ0) is 16.4. The van der Waals surface area contributed by atoms with E-state index in [0.717, 1.165) is 68.6 Å². The third kappa shape index (κ3) is 3.26. The number of hydrogen-bond acceptors (Lipinski definition) is 6. The standard InChI is InChI=1S/C17H25N5OS/c1-21-8-2-15(20-21)16-19-14(13-24-16)12-22-9-7-18-6-3-17(22)4-10-23-11-5-17/h2,8,13,18H,3-7,9-12H2,1H3. The van der Waals surface area contributed by atoms with Crippen LogP contribution in [-0.4, -0.2) is 58.1 Å². The van der Waals surface area contributed by atoms with Gasteiger partial charge in [0.05, 0.1) is 5.69 Å². The van der Waals surface area contributed by atoms with Crippen LogP contribution in [0.5, 0.6) is 0 Å². The minimum absolute atomic E-state index is 0.274. The second-order valence-electron chi connectivity index (χ2n) is 6.78. The summed E-state index contributed by atoms with van der Waals surface area (Å²) in [6.07, 6.45) is 5.43. The van der Waals surface area contributed by atoms with Crippen LogP contribution in [0.25, 0.3) is 10.7 Å². The molecule has 24 heavy (non-hydrogen) atoms. The van der Waals surface area contributed by atoms with E-state index < -0.39 is 0 Å². The van der Waals surface area contributed by atoms with E-state index in [1.54, 1.807) is 11.3 Å². The highest BCUT2D eigenvalue weighted by Gasteiger charge is 2.39. The van der Waals surface area contributed by atoms with Crippen molar-refractivity contribution in [3.8, 4) is 10.7 Å². The molecule has 0 amide bonds. The van der Waals surface area contributed by atoms with E-state index in [1.165, 1.54) is 6.42 Å². The molecule has 2 aliphatic rings. The zero-order valence-electron chi connectivity index (χ0n) is 14.2. The van der Waals surface area contributed by atoms with Gasteiger partial charge in [-0.1, -0.05) is 0 Å². The lowest BCUT2D eigenvalue weighted by molar-refractivity contribution is -0.0312. The van der Waals surface area contributed by atoms with Gasteiger partial charge in [0.1, 0.15) is 10.7 Å². The molecule has 2 aromatic heterocycles. The topological polar surface area (TPSA) is 55.2 Å². The van der Waals surface area contributed by atoms with Gasteiger partial charge in [-0.2, -0.15) is 5.10 Å². The van der Waals surface area contributed by atoms with Gasteiger partial charge in [-0.15, -0.1) is 11.3 Å². The van der Waals surface area contributed by atoms with Crippen LogP contribution >= 0.6 is 11.3 Å². The maximum absolute atomic E-state index is 5.63. The smallest absolute Gasteiger partial charge is 0.144 e. The Morgan fingerprint density at radius 1 is 1.29 bits per heavy atom. The van der Waals surface area contributed by atoms with Crippen molar-refractivity contribution < 1.29 is 4.74 Å². The molecule has 0 aliphatic carbocycles. The maximum atomic E-state index is 5.63. The Morgan fingerprint density at radius 2 is 2.17 bits per heavy atom. The van der Waals surface area contributed by atoms with Crippen LogP contribution in [0, 0.1) is 0 Å². The van der Waals surface area contributed by atoms with Crippen molar-refractivity contribution in [1.29, 1.82) is 0 Å². The lowest BCUT2D eigenvalue weighted by atomic mass is 9.84. The molecule has 1 spiro atoms. The number of aryl methyl sites for hydroxylation is 1. The Bertz CT molecular complexity index is 676. The first-order valence-corrected chi connectivity index (χ1v) is 9.61. The Morgan fingerprint density at radius 3 is 2.96 bits per heavy atom. The summed E-state index contributed by atoms with van der Waals surface area (Å²) in [5.74, 6) is 0. The normalized spacial score (nSPS) is 21.9. The summed E-state index contributed by atoms with van der Waals surface area (Å²) in [5, 5.41) is 11.2. The largest absolute Gasteiger partial charge is 0.381 e. The number of nitrogens with zero attached hydrogens (tertiary/aromatic N) is 4. The number of nitrogens with one attached hydrogen (secondary N) is 1. The fourth-order valence-corrected chi connectivity index (χ4v) is 4.62. The van der Waals surface area contributed by atoms with Crippen molar-refractivity contribution in [1.82, 2.24) is 25.0 Å². The van der Waals surface area contributed by atoms with E-state index >= 15 is 0 Å². The Hall–Kier alpha value is -1.28. The summed E-state index contributed by atoms with van der Waals surface area (Å²) >= 11 is 1.69. The van der Waals surface area contributed by atoms with E-state index in [4.69, 9.17) is 9.72 Å². The molecule has 0 bridgehead atoms. The average molecular weight is 347 g/mol. The molecule has 4 rings (SSSR count). The maximum Gasteiger partial charge on any atom is 0.144 e. The summed E-state index contributed by atoms with van der Waals surface area (Å²) < 4.78 is 7.46. The molecular weight excluding hydrogens is 322 g/mol. The van der Waals surface area contributed by atoms with E-state index in [0.29, 0.717) is 0 Å². The van der Waals surface area contributed by atoms with E-state index in [9.17, 15) is 0 Å². The molecule has 0 unspecified atom stereocenters. The fraction of sp³-hybridized carbons (Fsp3) is 0.647. The Labute approximate surface area is 146 Å². The van der Waals surface area contributed by atoms with Gasteiger partial charge in [0.25, 0.3) is 0 Å². The van der Waals surface area contributed by atoms with E-state index in [-0.39, 0.29) is 5.54 Å². The molecule has 1 N–H and O–H groups in total.